The van der Waals surface area contributed by atoms with Crippen LogP contribution in [0.1, 0.15) is 12.5 Å². The number of nitrogen functional groups attached to an aromatic ring is 2. The van der Waals surface area contributed by atoms with Gasteiger partial charge in [0.1, 0.15) is 5.54 Å². The fraction of sp³-hybridized carbons (Fsp3) is 0.300. The minimum atomic E-state index is -1.29. The second-order valence-corrected chi connectivity index (χ2v) is 3.86. The number of benzene rings is 1. The molecule has 7 heteroatoms. The van der Waals surface area contributed by atoms with Crippen LogP contribution in [0.15, 0.2) is 18.2 Å². The molecule has 1 atom stereocenters. The Balaban J connectivity index is 0. The zero-order chi connectivity index (χ0) is 11.6. The molecule has 5 nitrogen and oxygen atoms in total. The van der Waals surface area contributed by atoms with E-state index in [2.05, 4.69) is 0 Å². The molecule has 0 unspecified atom stereocenters. The second kappa shape index (κ2) is 6.54. The fourth-order valence-electron chi connectivity index (χ4n) is 1.23. The van der Waals surface area contributed by atoms with Crippen molar-refractivity contribution in [1.29, 1.82) is 0 Å². The van der Waals surface area contributed by atoms with E-state index < -0.39 is 11.5 Å². The minimum Gasteiger partial charge on any atom is -0.480 e. The smallest absolute Gasteiger partial charge is 0.323 e. The number of carboxylic acids is 1. The molecule has 0 spiro atoms. The molecule has 1 aromatic rings. The normalized spacial score (nSPS) is 12.8. The van der Waals surface area contributed by atoms with Crippen LogP contribution in [-0.2, 0) is 11.2 Å². The van der Waals surface area contributed by atoms with Crippen molar-refractivity contribution in [2.45, 2.75) is 18.9 Å². The van der Waals surface area contributed by atoms with E-state index in [-0.39, 0.29) is 31.2 Å². The first kappa shape index (κ1) is 18.2. The number of hydrogen-bond donors (Lipinski definition) is 4. The van der Waals surface area contributed by atoms with E-state index in [1.54, 1.807) is 18.2 Å². The highest BCUT2D eigenvalue weighted by Crippen LogP contribution is 2.19. The van der Waals surface area contributed by atoms with Crippen LogP contribution in [0.2, 0.25) is 0 Å². The molecule has 7 N–H and O–H groups in total. The van der Waals surface area contributed by atoms with Gasteiger partial charge in [-0.2, -0.15) is 0 Å². The quantitative estimate of drug-likeness (QED) is 0.618. The Bertz CT molecular complexity index is 397. The minimum absolute atomic E-state index is 0. The first-order chi connectivity index (χ1) is 6.83. The predicted octanol–water partition coefficient (Wildman–Crippen LogP) is 1.04. The zero-order valence-corrected chi connectivity index (χ0v) is 11.0. The molecule has 0 aliphatic rings. The highest BCUT2D eigenvalue weighted by molar-refractivity contribution is 5.85. The Kier molecular flexibility index (Phi) is 7.00. The van der Waals surface area contributed by atoms with Crippen molar-refractivity contribution in [3.05, 3.63) is 23.8 Å². The van der Waals surface area contributed by atoms with Crippen LogP contribution >= 0.6 is 24.8 Å². The summed E-state index contributed by atoms with van der Waals surface area (Å²) < 4.78 is 0. The van der Waals surface area contributed by atoms with Crippen LogP contribution in [0.3, 0.4) is 0 Å². The lowest BCUT2D eigenvalue weighted by molar-refractivity contribution is -0.142. The Morgan fingerprint density at radius 1 is 1.29 bits per heavy atom. The van der Waals surface area contributed by atoms with Crippen LogP contribution in [0.25, 0.3) is 0 Å². The first-order valence-electron chi connectivity index (χ1n) is 4.49. The van der Waals surface area contributed by atoms with Gasteiger partial charge in [-0.05, 0) is 24.6 Å². The van der Waals surface area contributed by atoms with Crippen molar-refractivity contribution in [1.82, 2.24) is 0 Å². The largest absolute Gasteiger partial charge is 0.480 e. The van der Waals surface area contributed by atoms with Gasteiger partial charge < -0.3 is 22.3 Å². The van der Waals surface area contributed by atoms with Crippen LogP contribution in [0, 0.1) is 0 Å². The first-order valence-corrected chi connectivity index (χ1v) is 4.49. The van der Waals surface area contributed by atoms with Crippen molar-refractivity contribution >= 4 is 42.2 Å². The number of halogens is 2. The molecule has 1 aromatic carbocycles. The average molecular weight is 282 g/mol. The Morgan fingerprint density at radius 3 is 2.24 bits per heavy atom. The van der Waals surface area contributed by atoms with Gasteiger partial charge in [0.25, 0.3) is 0 Å². The molecule has 98 valence electrons. The molecule has 17 heavy (non-hydrogen) atoms. The maximum atomic E-state index is 10.8. The molecule has 0 aliphatic carbocycles. The van der Waals surface area contributed by atoms with Gasteiger partial charge in [-0.1, -0.05) is 6.07 Å². The van der Waals surface area contributed by atoms with Crippen molar-refractivity contribution in [3.63, 3.8) is 0 Å². The lowest BCUT2D eigenvalue weighted by Gasteiger charge is -2.19. The summed E-state index contributed by atoms with van der Waals surface area (Å²) in [6, 6.07) is 5.01. The third kappa shape index (κ3) is 4.68. The number of rotatable bonds is 3. The van der Waals surface area contributed by atoms with Gasteiger partial charge in [0.15, 0.2) is 0 Å². The SMILES string of the molecule is C[C@@](N)(Cc1ccc(N)c(N)c1)C(=O)O.Cl.Cl. The fourth-order valence-corrected chi connectivity index (χ4v) is 1.23. The number of carbonyl (C=O) groups is 1. The van der Waals surface area contributed by atoms with E-state index in [4.69, 9.17) is 22.3 Å². The highest BCUT2D eigenvalue weighted by Gasteiger charge is 2.28. The Hall–Kier alpha value is -1.17. The monoisotopic (exact) mass is 281 g/mol. The summed E-state index contributed by atoms with van der Waals surface area (Å²) in [5.74, 6) is -1.04. The molecule has 0 saturated heterocycles. The van der Waals surface area contributed by atoms with Gasteiger partial charge in [-0.15, -0.1) is 24.8 Å². The van der Waals surface area contributed by atoms with Crippen LogP contribution < -0.4 is 17.2 Å². The van der Waals surface area contributed by atoms with Gasteiger partial charge in [-0.3, -0.25) is 4.79 Å². The van der Waals surface area contributed by atoms with Crippen LogP contribution in [0.4, 0.5) is 11.4 Å². The number of carboxylic acid groups (broad SMARTS) is 1. The van der Waals surface area contributed by atoms with Gasteiger partial charge >= 0.3 is 5.97 Å². The van der Waals surface area contributed by atoms with E-state index in [0.29, 0.717) is 11.4 Å². The summed E-state index contributed by atoms with van der Waals surface area (Å²) in [7, 11) is 0. The van der Waals surface area contributed by atoms with E-state index in [0.717, 1.165) is 5.56 Å². The predicted molar refractivity (Wildman–Crippen MR) is 73.7 cm³/mol. The number of aliphatic carboxylic acids is 1. The maximum Gasteiger partial charge on any atom is 0.323 e. The van der Waals surface area contributed by atoms with E-state index in [1.165, 1.54) is 6.92 Å². The molecule has 0 radical (unpaired) electrons. The van der Waals surface area contributed by atoms with E-state index in [1.807, 2.05) is 0 Å². The lowest BCUT2D eigenvalue weighted by atomic mass is 9.94. The average Bonchev–Trinajstić information content (AvgIpc) is 2.10. The van der Waals surface area contributed by atoms with Crippen molar-refractivity contribution in [3.8, 4) is 0 Å². The summed E-state index contributed by atoms with van der Waals surface area (Å²) in [4.78, 5) is 10.8. The number of nitrogens with two attached hydrogens (primary N) is 3. The number of anilines is 2. The van der Waals surface area contributed by atoms with Crippen LogP contribution in [-0.4, -0.2) is 16.6 Å². The summed E-state index contributed by atoms with van der Waals surface area (Å²) >= 11 is 0. The molecular formula is C10H17Cl2N3O2. The zero-order valence-electron chi connectivity index (χ0n) is 9.34. The van der Waals surface area contributed by atoms with Gasteiger partial charge in [0.05, 0.1) is 11.4 Å². The molecular weight excluding hydrogens is 265 g/mol. The molecule has 0 bridgehead atoms. The second-order valence-electron chi connectivity index (χ2n) is 3.86. The lowest BCUT2D eigenvalue weighted by Crippen LogP contribution is -2.46. The maximum absolute atomic E-state index is 10.8. The molecule has 0 heterocycles. The van der Waals surface area contributed by atoms with Gasteiger partial charge in [-0.25, -0.2) is 0 Å². The summed E-state index contributed by atoms with van der Waals surface area (Å²) in [6.07, 6.45) is 0.215. The molecule has 0 fully saturated rings. The topological polar surface area (TPSA) is 115 Å². The summed E-state index contributed by atoms with van der Waals surface area (Å²) in [5, 5.41) is 8.85. The Morgan fingerprint density at radius 2 is 1.82 bits per heavy atom. The van der Waals surface area contributed by atoms with Crippen molar-refractivity contribution in [2.75, 3.05) is 11.5 Å². The van der Waals surface area contributed by atoms with E-state index >= 15 is 0 Å². The third-order valence-electron chi connectivity index (χ3n) is 2.21. The Labute approximate surface area is 112 Å². The van der Waals surface area contributed by atoms with E-state index in [9.17, 15) is 4.79 Å². The highest BCUT2D eigenvalue weighted by atomic mass is 35.5. The third-order valence-corrected chi connectivity index (χ3v) is 2.21. The van der Waals surface area contributed by atoms with Gasteiger partial charge in [0.2, 0.25) is 0 Å². The standard InChI is InChI=1S/C10H15N3O2.2ClH/c1-10(13,9(14)15)5-6-2-3-7(11)8(12)4-6;;/h2-4H,5,11-13H2,1H3,(H,14,15);2*1H/t10-;;/m1../s1. The van der Waals surface area contributed by atoms with Gasteiger partial charge in [0, 0.05) is 6.42 Å². The summed E-state index contributed by atoms with van der Waals surface area (Å²) in [5.41, 5.74) is 17.1. The summed E-state index contributed by atoms with van der Waals surface area (Å²) in [6.45, 7) is 1.46. The molecule has 0 aliphatic heterocycles. The molecule has 0 aromatic heterocycles. The molecule has 0 amide bonds. The van der Waals surface area contributed by atoms with Crippen molar-refractivity contribution in [2.24, 2.45) is 5.73 Å². The molecule has 1 rings (SSSR count). The van der Waals surface area contributed by atoms with Crippen molar-refractivity contribution < 1.29 is 9.90 Å². The number of hydrogen-bond acceptors (Lipinski definition) is 4. The van der Waals surface area contributed by atoms with Crippen LogP contribution in [0.5, 0.6) is 0 Å². The molecule has 0 saturated carbocycles.